The lowest BCUT2D eigenvalue weighted by Gasteiger charge is -2.16. The summed E-state index contributed by atoms with van der Waals surface area (Å²) >= 11 is 0. The van der Waals surface area contributed by atoms with Gasteiger partial charge in [-0.15, -0.1) is 0 Å². The van der Waals surface area contributed by atoms with Crippen LogP contribution in [0.15, 0.2) is 42.6 Å². The van der Waals surface area contributed by atoms with Crippen molar-refractivity contribution < 1.29 is 19.1 Å². The first-order chi connectivity index (χ1) is 12.1. The van der Waals surface area contributed by atoms with E-state index in [0.717, 1.165) is 11.8 Å². The molecule has 2 rings (SSSR count). The molecule has 0 aliphatic heterocycles. The molecule has 0 bridgehead atoms. The van der Waals surface area contributed by atoms with E-state index in [4.69, 9.17) is 14.2 Å². The summed E-state index contributed by atoms with van der Waals surface area (Å²) in [5.41, 5.74) is 2.23. The zero-order chi connectivity index (χ0) is 18.2. The van der Waals surface area contributed by atoms with Crippen molar-refractivity contribution in [2.45, 2.75) is 0 Å². The van der Waals surface area contributed by atoms with Crippen molar-refractivity contribution in [2.75, 3.05) is 21.3 Å². The molecule has 0 spiro atoms. The predicted molar refractivity (Wildman–Crippen MR) is 97.5 cm³/mol. The molecule has 6 nitrogen and oxygen atoms in total. The molecule has 0 aromatic heterocycles. The molecular formula is C19H19NO5. The van der Waals surface area contributed by atoms with Crippen LogP contribution in [-0.2, 0) is 0 Å². The third-order valence-electron chi connectivity index (χ3n) is 3.52. The number of hydrogen-bond donors (Lipinski definition) is 0. The highest BCUT2D eigenvalue weighted by molar-refractivity contribution is 5.82. The molecule has 0 heterocycles. The van der Waals surface area contributed by atoms with Crippen molar-refractivity contribution in [2.24, 2.45) is 0 Å². The minimum atomic E-state index is -0.520. The second-order valence-corrected chi connectivity index (χ2v) is 4.99. The number of nitrogens with zero attached hydrogens (tertiary/aromatic N) is 1. The van der Waals surface area contributed by atoms with E-state index in [0.29, 0.717) is 28.4 Å². The molecule has 25 heavy (non-hydrogen) atoms. The van der Waals surface area contributed by atoms with Crippen molar-refractivity contribution in [3.8, 4) is 17.2 Å². The van der Waals surface area contributed by atoms with Crippen LogP contribution in [0, 0.1) is 10.1 Å². The zero-order valence-electron chi connectivity index (χ0n) is 14.3. The highest BCUT2D eigenvalue weighted by Crippen LogP contribution is 2.43. The third kappa shape index (κ3) is 4.38. The first-order valence-corrected chi connectivity index (χ1v) is 7.48. The quantitative estimate of drug-likeness (QED) is 0.430. The molecule has 0 N–H and O–H groups in total. The molecule has 2 aromatic carbocycles. The highest BCUT2D eigenvalue weighted by Gasteiger charge is 2.18. The van der Waals surface area contributed by atoms with Crippen molar-refractivity contribution in [1.82, 2.24) is 0 Å². The summed E-state index contributed by atoms with van der Waals surface area (Å²) in [5, 5.41) is 10.7. The van der Waals surface area contributed by atoms with Gasteiger partial charge < -0.3 is 14.2 Å². The van der Waals surface area contributed by atoms with E-state index >= 15 is 0 Å². The van der Waals surface area contributed by atoms with Crippen LogP contribution < -0.4 is 14.2 Å². The third-order valence-corrected chi connectivity index (χ3v) is 3.52. The number of nitro groups is 1. The molecule has 0 saturated heterocycles. The fourth-order valence-electron chi connectivity index (χ4n) is 2.39. The summed E-state index contributed by atoms with van der Waals surface area (Å²) < 4.78 is 16.2. The van der Waals surface area contributed by atoms with E-state index in [-0.39, 0.29) is 0 Å². The summed E-state index contributed by atoms with van der Waals surface area (Å²) in [6, 6.07) is 11.4. The monoisotopic (exact) mass is 341 g/mol. The van der Waals surface area contributed by atoms with E-state index in [1.807, 2.05) is 42.5 Å². The van der Waals surface area contributed by atoms with Gasteiger partial charge in [0.05, 0.1) is 26.3 Å². The van der Waals surface area contributed by atoms with Gasteiger partial charge in [-0.2, -0.15) is 0 Å². The first-order valence-electron chi connectivity index (χ1n) is 7.48. The van der Waals surface area contributed by atoms with E-state index in [1.54, 1.807) is 6.07 Å². The summed E-state index contributed by atoms with van der Waals surface area (Å²) in [6.45, 7) is 0. The summed E-state index contributed by atoms with van der Waals surface area (Å²) in [5.74, 6) is 1.30. The number of hydrogen-bond acceptors (Lipinski definition) is 5. The van der Waals surface area contributed by atoms with Gasteiger partial charge in [-0.05, 0) is 23.3 Å². The molecule has 0 atom stereocenters. The lowest BCUT2D eigenvalue weighted by molar-refractivity contribution is -0.400. The maximum Gasteiger partial charge on any atom is 0.235 e. The van der Waals surface area contributed by atoms with Crippen LogP contribution in [0.4, 0.5) is 0 Å². The van der Waals surface area contributed by atoms with E-state index < -0.39 is 4.92 Å². The average molecular weight is 341 g/mol. The lowest BCUT2D eigenvalue weighted by atomic mass is 10.0. The minimum absolute atomic E-state index is 0.427. The minimum Gasteiger partial charge on any atom is -0.493 e. The number of methoxy groups -OCH3 is 3. The van der Waals surface area contributed by atoms with Gasteiger partial charge in [-0.1, -0.05) is 36.4 Å². The molecule has 0 fully saturated rings. The van der Waals surface area contributed by atoms with Crippen molar-refractivity contribution in [3.05, 3.63) is 69.4 Å². The predicted octanol–water partition coefficient (Wildman–Crippen LogP) is 4.13. The molecule has 0 saturated carbocycles. The van der Waals surface area contributed by atoms with Gasteiger partial charge in [-0.25, -0.2) is 0 Å². The van der Waals surface area contributed by atoms with E-state index in [2.05, 4.69) is 0 Å². The Kier molecular flexibility index (Phi) is 6.17. The molecule has 6 heteroatoms. The fraction of sp³-hybridized carbons (Fsp3) is 0.158. The van der Waals surface area contributed by atoms with Crippen LogP contribution in [-0.4, -0.2) is 26.3 Å². The maximum absolute atomic E-state index is 10.7. The van der Waals surface area contributed by atoms with Gasteiger partial charge in [-0.3, -0.25) is 10.1 Å². The standard InChI is InChI=1S/C19H19NO5/c1-23-17-13-15(11-12-20(21)22)16(18(24-2)19(17)25-3)10-9-14-7-5-4-6-8-14/h4-13H,1-3H3/b10-9+,12-11+. The zero-order valence-corrected chi connectivity index (χ0v) is 14.3. The SMILES string of the molecule is COc1cc(/C=C/[N+](=O)[O-])c(/C=C/c2ccccc2)c(OC)c1OC. The first kappa shape index (κ1) is 18.1. The average Bonchev–Trinajstić information content (AvgIpc) is 2.64. The summed E-state index contributed by atoms with van der Waals surface area (Å²) in [4.78, 5) is 10.2. The van der Waals surface area contributed by atoms with Crippen LogP contribution in [0.1, 0.15) is 16.7 Å². The molecular weight excluding hydrogens is 322 g/mol. The van der Waals surface area contributed by atoms with Gasteiger partial charge in [0.25, 0.3) is 0 Å². The Labute approximate surface area is 146 Å². The van der Waals surface area contributed by atoms with Crippen molar-refractivity contribution in [1.29, 1.82) is 0 Å². The van der Waals surface area contributed by atoms with Gasteiger partial charge in [0, 0.05) is 11.6 Å². The largest absolute Gasteiger partial charge is 0.493 e. The lowest BCUT2D eigenvalue weighted by Crippen LogP contribution is -1.99. The molecule has 0 aliphatic carbocycles. The summed E-state index contributed by atoms with van der Waals surface area (Å²) in [7, 11) is 4.52. The number of ether oxygens (including phenoxy) is 3. The Morgan fingerprint density at radius 1 is 0.920 bits per heavy atom. The molecule has 130 valence electrons. The Hall–Kier alpha value is -3.28. The van der Waals surface area contributed by atoms with Gasteiger partial charge in [0.1, 0.15) is 0 Å². The van der Waals surface area contributed by atoms with Crippen molar-refractivity contribution in [3.63, 3.8) is 0 Å². The Morgan fingerprint density at radius 3 is 2.16 bits per heavy atom. The van der Waals surface area contributed by atoms with Crippen LogP contribution >= 0.6 is 0 Å². The topological polar surface area (TPSA) is 70.8 Å². The number of rotatable bonds is 7. The van der Waals surface area contributed by atoms with Gasteiger partial charge >= 0.3 is 0 Å². The fourth-order valence-corrected chi connectivity index (χ4v) is 2.39. The van der Waals surface area contributed by atoms with E-state index in [1.165, 1.54) is 27.4 Å². The Bertz CT molecular complexity index is 797. The molecule has 0 aliphatic rings. The maximum atomic E-state index is 10.7. The van der Waals surface area contributed by atoms with Crippen LogP contribution in [0.5, 0.6) is 17.2 Å². The van der Waals surface area contributed by atoms with Crippen molar-refractivity contribution >= 4 is 18.2 Å². The van der Waals surface area contributed by atoms with Crippen LogP contribution in [0.2, 0.25) is 0 Å². The molecule has 0 unspecified atom stereocenters. The Balaban J connectivity index is 2.63. The highest BCUT2D eigenvalue weighted by atomic mass is 16.6. The normalized spacial score (nSPS) is 11.0. The second kappa shape index (κ2) is 8.54. The van der Waals surface area contributed by atoms with Crippen LogP contribution in [0.3, 0.4) is 0 Å². The molecule has 0 amide bonds. The molecule has 0 radical (unpaired) electrons. The smallest absolute Gasteiger partial charge is 0.235 e. The molecule has 2 aromatic rings. The number of benzene rings is 2. The van der Waals surface area contributed by atoms with Gasteiger partial charge in [0.2, 0.25) is 11.9 Å². The second-order valence-electron chi connectivity index (χ2n) is 4.99. The van der Waals surface area contributed by atoms with Crippen LogP contribution in [0.25, 0.3) is 18.2 Å². The summed E-state index contributed by atoms with van der Waals surface area (Å²) in [6.07, 6.45) is 6.00. The van der Waals surface area contributed by atoms with E-state index in [9.17, 15) is 10.1 Å². The Morgan fingerprint density at radius 2 is 1.60 bits per heavy atom. The van der Waals surface area contributed by atoms with Gasteiger partial charge in [0.15, 0.2) is 11.5 Å².